The lowest BCUT2D eigenvalue weighted by Gasteiger charge is -2.44. The average molecular weight is 514 g/mol. The summed E-state index contributed by atoms with van der Waals surface area (Å²) in [4.78, 5) is 80.8. The Hall–Kier alpha value is -4.60. The SMILES string of the molecule is O=C(O)C(c1ccccc1)N1C(=O)C2C3C=CC(C2C1=O)C1C(=O)N(C(C(=O)O)c2ccccc2)C(=O)C31. The molecule has 2 heterocycles. The number of carbonyl (C=O) groups excluding carboxylic acids is 4. The second kappa shape index (κ2) is 8.47. The monoisotopic (exact) mass is 514 g/mol. The summed E-state index contributed by atoms with van der Waals surface area (Å²) in [7, 11) is 0. The Bertz CT molecular complexity index is 1270. The molecular weight excluding hydrogens is 492 g/mol. The summed E-state index contributed by atoms with van der Waals surface area (Å²) in [6.45, 7) is 0. The topological polar surface area (TPSA) is 149 Å². The number of hydrogen-bond acceptors (Lipinski definition) is 6. The maximum atomic E-state index is 13.7. The maximum Gasteiger partial charge on any atom is 0.331 e. The van der Waals surface area contributed by atoms with E-state index in [4.69, 9.17) is 0 Å². The number of hydrogen-bond donors (Lipinski definition) is 2. The first kappa shape index (κ1) is 23.8. The molecule has 5 aliphatic rings. The van der Waals surface area contributed by atoms with Crippen molar-refractivity contribution in [3.8, 4) is 0 Å². The Kier molecular flexibility index (Phi) is 5.30. The fourth-order valence-electron chi connectivity index (χ4n) is 6.86. The molecule has 7 rings (SSSR count). The van der Waals surface area contributed by atoms with Gasteiger partial charge in [-0.05, 0) is 11.1 Å². The van der Waals surface area contributed by atoms with Crippen molar-refractivity contribution < 1.29 is 39.0 Å². The Balaban J connectivity index is 1.38. The van der Waals surface area contributed by atoms with Gasteiger partial charge < -0.3 is 10.2 Å². The molecule has 3 fully saturated rings. The number of nitrogens with zero attached hydrogens (tertiary/aromatic N) is 2. The van der Waals surface area contributed by atoms with E-state index in [1.807, 2.05) is 0 Å². The number of amides is 4. The average Bonchev–Trinajstić information content (AvgIpc) is 3.33. The minimum Gasteiger partial charge on any atom is -0.479 e. The van der Waals surface area contributed by atoms with E-state index in [2.05, 4.69) is 0 Å². The van der Waals surface area contributed by atoms with E-state index in [0.29, 0.717) is 0 Å². The van der Waals surface area contributed by atoms with Gasteiger partial charge in [0.05, 0.1) is 23.7 Å². The van der Waals surface area contributed by atoms with Crippen LogP contribution in [0.15, 0.2) is 72.8 Å². The first-order valence-corrected chi connectivity index (χ1v) is 12.2. The molecule has 4 amide bonds. The zero-order valence-electron chi connectivity index (χ0n) is 19.8. The molecule has 10 nitrogen and oxygen atoms in total. The van der Waals surface area contributed by atoms with E-state index in [0.717, 1.165) is 9.80 Å². The molecule has 0 spiro atoms. The highest BCUT2D eigenvalue weighted by Gasteiger charge is 2.70. The normalized spacial score (nSPS) is 30.8. The fraction of sp³-hybridized carbons (Fsp3) is 0.286. The first-order valence-electron chi connectivity index (χ1n) is 12.2. The molecule has 2 aromatic carbocycles. The number of allylic oxidation sites excluding steroid dienone is 2. The maximum absolute atomic E-state index is 13.7. The highest BCUT2D eigenvalue weighted by atomic mass is 16.4. The Morgan fingerprint density at radius 1 is 0.553 bits per heavy atom. The molecule has 0 radical (unpaired) electrons. The van der Waals surface area contributed by atoms with Crippen LogP contribution in [0.2, 0.25) is 0 Å². The second-order valence-electron chi connectivity index (χ2n) is 10.0. The van der Waals surface area contributed by atoms with Gasteiger partial charge in [-0.1, -0.05) is 72.8 Å². The molecule has 6 unspecified atom stereocenters. The Labute approximate surface area is 216 Å². The predicted molar refractivity (Wildman–Crippen MR) is 127 cm³/mol. The van der Waals surface area contributed by atoms with Crippen molar-refractivity contribution in [1.29, 1.82) is 0 Å². The summed E-state index contributed by atoms with van der Waals surface area (Å²) in [6, 6.07) is 12.8. The van der Waals surface area contributed by atoms with Gasteiger partial charge in [0.2, 0.25) is 23.6 Å². The van der Waals surface area contributed by atoms with Gasteiger partial charge in [0, 0.05) is 11.8 Å². The number of rotatable bonds is 6. The fourth-order valence-corrected chi connectivity index (χ4v) is 6.86. The van der Waals surface area contributed by atoms with Gasteiger partial charge in [0.1, 0.15) is 0 Å². The zero-order chi connectivity index (χ0) is 26.9. The molecule has 2 aliphatic heterocycles. The third kappa shape index (κ3) is 3.12. The van der Waals surface area contributed by atoms with Gasteiger partial charge in [-0.15, -0.1) is 0 Å². The minimum atomic E-state index is -1.54. The van der Waals surface area contributed by atoms with Crippen molar-refractivity contribution in [1.82, 2.24) is 9.80 Å². The van der Waals surface area contributed by atoms with Crippen LogP contribution in [-0.4, -0.2) is 55.6 Å². The first-order chi connectivity index (χ1) is 18.2. The van der Waals surface area contributed by atoms with Crippen molar-refractivity contribution in [2.45, 2.75) is 12.1 Å². The third-order valence-electron chi connectivity index (χ3n) is 8.29. The quantitative estimate of drug-likeness (QED) is 0.437. The summed E-state index contributed by atoms with van der Waals surface area (Å²) < 4.78 is 0. The largest absolute Gasteiger partial charge is 0.479 e. The molecule has 1 saturated carbocycles. The van der Waals surface area contributed by atoms with E-state index in [1.54, 1.807) is 48.6 Å². The zero-order valence-corrected chi connectivity index (χ0v) is 19.8. The van der Waals surface area contributed by atoms with Crippen molar-refractivity contribution in [3.05, 3.63) is 83.9 Å². The Morgan fingerprint density at radius 3 is 1.11 bits per heavy atom. The van der Waals surface area contributed by atoms with Crippen LogP contribution < -0.4 is 0 Å². The molecule has 38 heavy (non-hydrogen) atoms. The molecule has 2 saturated heterocycles. The van der Waals surface area contributed by atoms with Gasteiger partial charge in [-0.2, -0.15) is 0 Å². The van der Waals surface area contributed by atoms with E-state index in [9.17, 15) is 39.0 Å². The van der Waals surface area contributed by atoms with Crippen LogP contribution >= 0.6 is 0 Å². The van der Waals surface area contributed by atoms with Crippen LogP contribution in [0, 0.1) is 35.5 Å². The molecule has 0 aromatic heterocycles. The summed E-state index contributed by atoms with van der Waals surface area (Å²) in [5.41, 5.74) is 0.512. The minimum absolute atomic E-state index is 0.256. The van der Waals surface area contributed by atoms with Crippen molar-refractivity contribution in [2.24, 2.45) is 35.5 Å². The van der Waals surface area contributed by atoms with Gasteiger partial charge in [0.25, 0.3) is 0 Å². The van der Waals surface area contributed by atoms with Crippen LogP contribution in [-0.2, 0) is 28.8 Å². The van der Waals surface area contributed by atoms with Gasteiger partial charge in [-0.25, -0.2) is 9.59 Å². The van der Waals surface area contributed by atoms with Gasteiger partial charge in [0.15, 0.2) is 12.1 Å². The number of likely N-dealkylation sites (tertiary alicyclic amines) is 2. The Morgan fingerprint density at radius 2 is 0.842 bits per heavy atom. The standard InChI is InChI=1S/C28H22N2O8/c31-23-17-15-11-12-16(18(17)24(32)29(23)21(27(35)36)13-7-3-1-4-8-13)20-19(15)25(33)30(26(20)34)22(28(37)38)14-9-5-2-6-10-14/h1-12,15-22H,(H,35,36)(H,37,38). The number of carboxylic acid groups (broad SMARTS) is 2. The van der Waals surface area contributed by atoms with Crippen LogP contribution in [0.3, 0.4) is 0 Å². The van der Waals surface area contributed by atoms with Crippen LogP contribution in [0.4, 0.5) is 0 Å². The number of aliphatic carboxylic acids is 2. The summed E-state index contributed by atoms with van der Waals surface area (Å²) in [6.07, 6.45) is 3.29. The highest BCUT2D eigenvalue weighted by molar-refractivity contribution is 6.13. The van der Waals surface area contributed by atoms with E-state index < -0.39 is 83.2 Å². The van der Waals surface area contributed by atoms with Crippen LogP contribution in [0.25, 0.3) is 0 Å². The van der Waals surface area contributed by atoms with E-state index >= 15 is 0 Å². The van der Waals surface area contributed by atoms with E-state index in [-0.39, 0.29) is 11.1 Å². The second-order valence-corrected chi connectivity index (χ2v) is 10.0. The highest BCUT2D eigenvalue weighted by Crippen LogP contribution is 2.59. The lowest BCUT2D eigenvalue weighted by molar-refractivity contribution is -0.156. The van der Waals surface area contributed by atoms with Crippen molar-refractivity contribution >= 4 is 35.6 Å². The third-order valence-corrected chi connectivity index (χ3v) is 8.29. The van der Waals surface area contributed by atoms with E-state index in [1.165, 1.54) is 24.3 Å². The lowest BCUT2D eigenvalue weighted by atomic mass is 9.54. The molecule has 2 N–H and O–H groups in total. The summed E-state index contributed by atoms with van der Waals surface area (Å²) in [5.74, 6) is -11.3. The molecule has 3 aliphatic carbocycles. The molecule has 192 valence electrons. The molecule has 2 bridgehead atoms. The molecular formula is C28H22N2O8. The van der Waals surface area contributed by atoms with Crippen molar-refractivity contribution in [2.75, 3.05) is 0 Å². The summed E-state index contributed by atoms with van der Waals surface area (Å²) >= 11 is 0. The van der Waals surface area contributed by atoms with Crippen LogP contribution in [0.1, 0.15) is 23.2 Å². The summed E-state index contributed by atoms with van der Waals surface area (Å²) in [5, 5.41) is 19.9. The smallest absolute Gasteiger partial charge is 0.331 e. The number of imide groups is 2. The molecule has 10 heteroatoms. The van der Waals surface area contributed by atoms with Crippen LogP contribution in [0.5, 0.6) is 0 Å². The molecule has 6 atom stereocenters. The predicted octanol–water partition coefficient (Wildman–Crippen LogP) is 1.66. The molecule has 2 aromatic rings. The van der Waals surface area contributed by atoms with Gasteiger partial charge >= 0.3 is 11.9 Å². The number of benzene rings is 2. The van der Waals surface area contributed by atoms with Crippen molar-refractivity contribution in [3.63, 3.8) is 0 Å². The number of carboxylic acids is 2. The van der Waals surface area contributed by atoms with Gasteiger partial charge in [-0.3, -0.25) is 29.0 Å². The lowest BCUT2D eigenvalue weighted by Crippen LogP contribution is -2.50. The number of carbonyl (C=O) groups is 6.